The highest BCUT2D eigenvalue weighted by atomic mass is 19.4. The number of aryl methyl sites for hydroxylation is 1. The quantitative estimate of drug-likeness (QED) is 0.220. The number of halogens is 6. The van der Waals surface area contributed by atoms with Crippen LogP contribution in [0.25, 0.3) is 44.4 Å². The predicted molar refractivity (Wildman–Crippen MR) is 129 cm³/mol. The van der Waals surface area contributed by atoms with Crippen molar-refractivity contribution >= 4 is 10.9 Å². The zero-order chi connectivity index (χ0) is 25.7. The van der Waals surface area contributed by atoms with Gasteiger partial charge in [-0.05, 0) is 52.6 Å². The van der Waals surface area contributed by atoms with Crippen LogP contribution < -0.4 is 0 Å². The van der Waals surface area contributed by atoms with Crippen molar-refractivity contribution in [3.05, 3.63) is 108 Å². The zero-order valence-corrected chi connectivity index (χ0v) is 19.0. The summed E-state index contributed by atoms with van der Waals surface area (Å²) in [6.07, 6.45) is -8.82. The molecule has 7 heteroatoms. The van der Waals surface area contributed by atoms with Crippen molar-refractivity contribution in [3.8, 4) is 33.5 Å². The second-order valence-corrected chi connectivity index (χ2v) is 8.53. The van der Waals surface area contributed by atoms with Crippen LogP contribution in [-0.2, 0) is 19.4 Å². The summed E-state index contributed by atoms with van der Waals surface area (Å²) in [5.74, 6) is 0. The Morgan fingerprint density at radius 2 is 0.917 bits per heavy atom. The number of benzene rings is 4. The third-order valence-electron chi connectivity index (χ3n) is 6.31. The number of para-hydroxylation sites is 1. The first-order valence-corrected chi connectivity index (χ1v) is 11.1. The topological polar surface area (TPSA) is 4.93 Å². The third-order valence-corrected chi connectivity index (χ3v) is 6.31. The number of hydrogen-bond donors (Lipinski definition) is 0. The summed E-state index contributed by atoms with van der Waals surface area (Å²) in [7, 11) is 1.90. The van der Waals surface area contributed by atoms with E-state index in [1.165, 1.54) is 24.3 Å². The highest BCUT2D eigenvalue weighted by Crippen LogP contribution is 2.42. The highest BCUT2D eigenvalue weighted by Gasteiger charge is 2.31. The molecule has 1 heterocycles. The number of nitrogens with zero attached hydrogens (tertiary/aromatic N) is 1. The van der Waals surface area contributed by atoms with Crippen LogP contribution in [0.1, 0.15) is 11.1 Å². The van der Waals surface area contributed by atoms with Crippen LogP contribution in [-0.4, -0.2) is 4.57 Å². The van der Waals surface area contributed by atoms with Crippen LogP contribution in [0.3, 0.4) is 0 Å². The lowest BCUT2D eigenvalue weighted by Crippen LogP contribution is -2.04. The SMILES string of the molecule is Cn1c(-c2ccc(-c3ccc(C(F)(F)F)cc3)cc2)c(-c2ccc(C(F)(F)F)cc2)c2ccccc21. The van der Waals surface area contributed by atoms with Gasteiger partial charge < -0.3 is 4.57 Å². The molecule has 0 aliphatic heterocycles. The summed E-state index contributed by atoms with van der Waals surface area (Å²) in [6, 6.07) is 25.1. The van der Waals surface area contributed by atoms with E-state index in [9.17, 15) is 26.3 Å². The molecular formula is C29H19F6N. The maximum Gasteiger partial charge on any atom is 0.416 e. The molecule has 0 N–H and O–H groups in total. The molecule has 182 valence electrons. The van der Waals surface area contributed by atoms with Gasteiger partial charge in [-0.25, -0.2) is 0 Å². The van der Waals surface area contributed by atoms with Gasteiger partial charge in [0.1, 0.15) is 0 Å². The number of rotatable bonds is 3. The molecule has 5 aromatic rings. The molecule has 0 saturated carbocycles. The van der Waals surface area contributed by atoms with E-state index >= 15 is 0 Å². The van der Waals surface area contributed by atoms with Crippen molar-refractivity contribution in [1.29, 1.82) is 0 Å². The van der Waals surface area contributed by atoms with Gasteiger partial charge in [0.2, 0.25) is 0 Å². The Balaban J connectivity index is 1.59. The van der Waals surface area contributed by atoms with Crippen LogP contribution >= 0.6 is 0 Å². The summed E-state index contributed by atoms with van der Waals surface area (Å²) in [5.41, 5.74) is 4.03. The minimum Gasteiger partial charge on any atom is -0.343 e. The van der Waals surface area contributed by atoms with Crippen molar-refractivity contribution in [2.24, 2.45) is 7.05 Å². The standard InChI is InChI=1S/C29H19F6N/c1-36-25-5-3-2-4-24(25)26(20-12-16-23(17-13-20)29(33,34)35)27(36)21-8-6-18(7-9-21)19-10-14-22(15-11-19)28(30,31)32/h2-17H,1H3. The van der Waals surface area contributed by atoms with Gasteiger partial charge in [0.15, 0.2) is 0 Å². The van der Waals surface area contributed by atoms with E-state index in [1.54, 1.807) is 0 Å². The van der Waals surface area contributed by atoms with Gasteiger partial charge >= 0.3 is 12.4 Å². The molecule has 0 radical (unpaired) electrons. The molecule has 0 saturated heterocycles. The van der Waals surface area contributed by atoms with Crippen LogP contribution in [0.15, 0.2) is 97.1 Å². The number of aromatic nitrogens is 1. The molecule has 0 amide bonds. The normalized spacial score (nSPS) is 12.3. The summed E-state index contributed by atoms with van der Waals surface area (Å²) < 4.78 is 80.0. The fourth-order valence-corrected chi connectivity index (χ4v) is 4.52. The molecule has 0 bridgehead atoms. The Morgan fingerprint density at radius 1 is 0.500 bits per heavy atom. The van der Waals surface area contributed by atoms with Crippen LogP contribution in [0.4, 0.5) is 26.3 Å². The van der Waals surface area contributed by atoms with E-state index in [1.807, 2.05) is 60.1 Å². The minimum absolute atomic E-state index is 0.648. The fraction of sp³-hybridized carbons (Fsp3) is 0.103. The van der Waals surface area contributed by atoms with Crippen molar-refractivity contribution in [1.82, 2.24) is 4.57 Å². The van der Waals surface area contributed by atoms with Gasteiger partial charge in [-0.3, -0.25) is 0 Å². The van der Waals surface area contributed by atoms with E-state index < -0.39 is 23.5 Å². The Kier molecular flexibility index (Phi) is 5.66. The van der Waals surface area contributed by atoms with Gasteiger partial charge in [-0.15, -0.1) is 0 Å². The summed E-state index contributed by atoms with van der Waals surface area (Å²) in [5, 5.41) is 0.904. The first-order valence-electron chi connectivity index (χ1n) is 11.1. The van der Waals surface area contributed by atoms with Crippen molar-refractivity contribution in [2.75, 3.05) is 0 Å². The van der Waals surface area contributed by atoms with Crippen molar-refractivity contribution in [2.45, 2.75) is 12.4 Å². The lowest BCUT2D eigenvalue weighted by atomic mass is 9.96. The van der Waals surface area contributed by atoms with E-state index in [-0.39, 0.29) is 0 Å². The van der Waals surface area contributed by atoms with Crippen LogP contribution in [0, 0.1) is 0 Å². The number of fused-ring (bicyclic) bond motifs is 1. The monoisotopic (exact) mass is 495 g/mol. The lowest BCUT2D eigenvalue weighted by molar-refractivity contribution is -0.138. The molecule has 5 rings (SSSR count). The summed E-state index contributed by atoms with van der Waals surface area (Å²) >= 11 is 0. The average molecular weight is 495 g/mol. The fourth-order valence-electron chi connectivity index (χ4n) is 4.52. The largest absolute Gasteiger partial charge is 0.416 e. The molecule has 1 aromatic heterocycles. The molecular weight excluding hydrogens is 476 g/mol. The molecule has 0 aliphatic carbocycles. The smallest absolute Gasteiger partial charge is 0.343 e. The van der Waals surface area contributed by atoms with E-state index in [2.05, 4.69) is 0 Å². The minimum atomic E-state index is -4.42. The Hall–Kier alpha value is -4.00. The molecule has 0 spiro atoms. The first kappa shape index (κ1) is 23.7. The number of hydrogen-bond acceptors (Lipinski definition) is 0. The highest BCUT2D eigenvalue weighted by molar-refractivity contribution is 6.04. The van der Waals surface area contributed by atoms with Crippen molar-refractivity contribution in [3.63, 3.8) is 0 Å². The van der Waals surface area contributed by atoms with Gasteiger partial charge in [-0.2, -0.15) is 26.3 Å². The predicted octanol–water partition coefficient (Wildman–Crippen LogP) is 9.22. The summed E-state index contributed by atoms with van der Waals surface area (Å²) in [4.78, 5) is 0. The molecule has 0 unspecified atom stereocenters. The maximum absolute atomic E-state index is 13.1. The maximum atomic E-state index is 13.1. The molecule has 36 heavy (non-hydrogen) atoms. The van der Waals surface area contributed by atoms with Gasteiger partial charge in [0.05, 0.1) is 16.8 Å². The van der Waals surface area contributed by atoms with E-state index in [0.717, 1.165) is 57.6 Å². The second-order valence-electron chi connectivity index (χ2n) is 8.53. The van der Waals surface area contributed by atoms with Crippen molar-refractivity contribution < 1.29 is 26.3 Å². The third kappa shape index (κ3) is 4.26. The lowest BCUT2D eigenvalue weighted by Gasteiger charge is -2.12. The molecule has 0 atom stereocenters. The summed E-state index contributed by atoms with van der Waals surface area (Å²) in [6.45, 7) is 0. The Bertz CT molecular complexity index is 1520. The van der Waals surface area contributed by atoms with E-state index in [0.29, 0.717) is 11.1 Å². The molecule has 1 nitrogen and oxygen atoms in total. The van der Waals surface area contributed by atoms with Gasteiger partial charge in [0.25, 0.3) is 0 Å². The molecule has 4 aromatic carbocycles. The Labute approximate surface area is 203 Å². The Morgan fingerprint density at radius 3 is 1.42 bits per heavy atom. The second kappa shape index (κ2) is 8.59. The van der Waals surface area contributed by atoms with E-state index in [4.69, 9.17) is 0 Å². The van der Waals surface area contributed by atoms with Gasteiger partial charge in [-0.1, -0.05) is 66.7 Å². The molecule has 0 fully saturated rings. The zero-order valence-electron chi connectivity index (χ0n) is 19.0. The molecule has 0 aliphatic rings. The average Bonchev–Trinajstić information content (AvgIpc) is 3.16. The van der Waals surface area contributed by atoms with Crippen LogP contribution in [0.5, 0.6) is 0 Å². The van der Waals surface area contributed by atoms with Gasteiger partial charge in [0, 0.05) is 23.5 Å². The first-order chi connectivity index (χ1) is 17.0. The number of alkyl halides is 6. The van der Waals surface area contributed by atoms with Crippen LogP contribution in [0.2, 0.25) is 0 Å².